The lowest BCUT2D eigenvalue weighted by molar-refractivity contribution is -0.117. The Morgan fingerprint density at radius 2 is 1.76 bits per heavy atom. The van der Waals surface area contributed by atoms with Gasteiger partial charge in [-0.2, -0.15) is 0 Å². The SMILES string of the molecule is O=C(Nc1ccc(-c2ccnc(Nc3ccc(N4CCOCC4)cc3)n2)cc1)[C@@H]1CCCN1. The first-order chi connectivity index (χ1) is 16.2. The van der Waals surface area contributed by atoms with Crippen LogP contribution in [0.2, 0.25) is 0 Å². The summed E-state index contributed by atoms with van der Waals surface area (Å²) >= 11 is 0. The standard InChI is InChI=1S/C25H28N6O2/c32-24(23-2-1-12-26-23)28-19-5-3-18(4-6-19)22-11-13-27-25(30-22)29-20-7-9-21(10-8-20)31-14-16-33-17-15-31/h3-11,13,23,26H,1-2,12,14-17H2,(H,28,32)(H,27,29,30)/t23-/m0/s1. The fourth-order valence-electron chi connectivity index (χ4n) is 4.15. The Labute approximate surface area is 193 Å². The zero-order chi connectivity index (χ0) is 22.5. The van der Waals surface area contributed by atoms with E-state index < -0.39 is 0 Å². The van der Waals surface area contributed by atoms with E-state index in [1.807, 2.05) is 42.5 Å². The number of carbonyl (C=O) groups is 1. The molecule has 170 valence electrons. The first-order valence-electron chi connectivity index (χ1n) is 11.4. The maximum atomic E-state index is 12.3. The van der Waals surface area contributed by atoms with E-state index >= 15 is 0 Å². The number of rotatable bonds is 6. The molecule has 1 atom stereocenters. The predicted molar refractivity (Wildman–Crippen MR) is 130 cm³/mol. The number of aromatic nitrogens is 2. The van der Waals surface area contributed by atoms with Crippen molar-refractivity contribution >= 4 is 28.9 Å². The number of anilines is 4. The molecule has 0 radical (unpaired) electrons. The first-order valence-corrected chi connectivity index (χ1v) is 11.4. The maximum Gasteiger partial charge on any atom is 0.241 e. The van der Waals surface area contributed by atoms with Gasteiger partial charge in [0.2, 0.25) is 11.9 Å². The Kier molecular flexibility index (Phi) is 6.46. The average molecular weight is 445 g/mol. The molecule has 0 aliphatic carbocycles. The summed E-state index contributed by atoms with van der Waals surface area (Å²) in [5.41, 5.74) is 4.68. The molecule has 2 aliphatic rings. The smallest absolute Gasteiger partial charge is 0.241 e. The minimum Gasteiger partial charge on any atom is -0.378 e. The zero-order valence-corrected chi connectivity index (χ0v) is 18.5. The third-order valence-corrected chi connectivity index (χ3v) is 5.98. The second-order valence-electron chi connectivity index (χ2n) is 8.25. The summed E-state index contributed by atoms with van der Waals surface area (Å²) in [6.45, 7) is 4.27. The minimum atomic E-state index is -0.0943. The summed E-state index contributed by atoms with van der Waals surface area (Å²) in [4.78, 5) is 23.6. The van der Waals surface area contributed by atoms with Crippen LogP contribution >= 0.6 is 0 Å². The Morgan fingerprint density at radius 1 is 1.00 bits per heavy atom. The van der Waals surface area contributed by atoms with Gasteiger partial charge >= 0.3 is 0 Å². The molecular weight excluding hydrogens is 416 g/mol. The fourth-order valence-corrected chi connectivity index (χ4v) is 4.15. The second-order valence-corrected chi connectivity index (χ2v) is 8.25. The number of nitrogens with one attached hydrogen (secondary N) is 3. The number of hydrogen-bond acceptors (Lipinski definition) is 7. The summed E-state index contributed by atoms with van der Waals surface area (Å²) in [7, 11) is 0. The van der Waals surface area contributed by atoms with E-state index in [4.69, 9.17) is 4.74 Å². The molecule has 2 aromatic carbocycles. The van der Waals surface area contributed by atoms with Crippen LogP contribution in [0.1, 0.15) is 12.8 Å². The topological polar surface area (TPSA) is 91.4 Å². The van der Waals surface area contributed by atoms with E-state index in [-0.39, 0.29) is 11.9 Å². The van der Waals surface area contributed by atoms with Crippen molar-refractivity contribution in [2.75, 3.05) is 48.4 Å². The molecule has 1 amide bonds. The Balaban J connectivity index is 1.23. The maximum absolute atomic E-state index is 12.3. The molecule has 1 aromatic heterocycles. The van der Waals surface area contributed by atoms with Gasteiger partial charge in [0.25, 0.3) is 0 Å². The Hall–Kier alpha value is -3.49. The lowest BCUT2D eigenvalue weighted by Crippen LogP contribution is -2.36. The molecule has 3 heterocycles. The summed E-state index contributed by atoms with van der Waals surface area (Å²) in [5, 5.41) is 9.48. The molecule has 8 heteroatoms. The van der Waals surface area contributed by atoms with Gasteiger partial charge in [-0.25, -0.2) is 9.97 Å². The summed E-state index contributed by atoms with van der Waals surface area (Å²) in [6, 6.07) is 17.8. The third-order valence-electron chi connectivity index (χ3n) is 5.98. The highest BCUT2D eigenvalue weighted by Gasteiger charge is 2.21. The number of morpholine rings is 1. The van der Waals surface area contributed by atoms with Crippen molar-refractivity contribution in [3.05, 3.63) is 60.8 Å². The van der Waals surface area contributed by atoms with Crippen LogP contribution in [0.25, 0.3) is 11.3 Å². The summed E-state index contributed by atoms with van der Waals surface area (Å²) in [6.07, 6.45) is 3.67. The largest absolute Gasteiger partial charge is 0.378 e. The van der Waals surface area contributed by atoms with Crippen molar-refractivity contribution in [3.63, 3.8) is 0 Å². The molecule has 2 saturated heterocycles. The number of amides is 1. The van der Waals surface area contributed by atoms with E-state index in [0.717, 1.165) is 68.3 Å². The third kappa shape index (κ3) is 5.30. The van der Waals surface area contributed by atoms with Crippen LogP contribution in [0.3, 0.4) is 0 Å². The van der Waals surface area contributed by atoms with E-state index in [1.54, 1.807) is 6.20 Å². The first kappa shape index (κ1) is 21.4. The second kappa shape index (κ2) is 9.97. The van der Waals surface area contributed by atoms with E-state index in [0.29, 0.717) is 5.95 Å². The monoisotopic (exact) mass is 444 g/mol. The molecule has 0 spiro atoms. The van der Waals surface area contributed by atoms with Gasteiger partial charge < -0.3 is 25.6 Å². The molecule has 8 nitrogen and oxygen atoms in total. The van der Waals surface area contributed by atoms with E-state index in [2.05, 4.69) is 43.0 Å². The van der Waals surface area contributed by atoms with Gasteiger partial charge in [0, 0.05) is 41.9 Å². The van der Waals surface area contributed by atoms with Crippen LogP contribution in [-0.4, -0.2) is 54.8 Å². The lowest BCUT2D eigenvalue weighted by atomic mass is 10.1. The molecular formula is C25H28N6O2. The molecule has 2 fully saturated rings. The van der Waals surface area contributed by atoms with Gasteiger partial charge in [-0.05, 0) is 61.9 Å². The highest BCUT2D eigenvalue weighted by Crippen LogP contribution is 2.23. The molecule has 0 unspecified atom stereocenters. The van der Waals surface area contributed by atoms with Crippen molar-refractivity contribution in [2.24, 2.45) is 0 Å². The highest BCUT2D eigenvalue weighted by atomic mass is 16.5. The van der Waals surface area contributed by atoms with Crippen molar-refractivity contribution < 1.29 is 9.53 Å². The van der Waals surface area contributed by atoms with Crippen LogP contribution in [0.15, 0.2) is 60.8 Å². The van der Waals surface area contributed by atoms with Crippen LogP contribution in [-0.2, 0) is 9.53 Å². The normalized spacial score (nSPS) is 18.2. The van der Waals surface area contributed by atoms with Gasteiger partial charge in [-0.3, -0.25) is 4.79 Å². The van der Waals surface area contributed by atoms with Crippen molar-refractivity contribution in [3.8, 4) is 11.3 Å². The van der Waals surface area contributed by atoms with Gasteiger partial charge in [0.05, 0.1) is 24.9 Å². The van der Waals surface area contributed by atoms with Crippen LogP contribution < -0.4 is 20.9 Å². The van der Waals surface area contributed by atoms with E-state index in [9.17, 15) is 4.79 Å². The quantitative estimate of drug-likeness (QED) is 0.537. The molecule has 0 bridgehead atoms. The Morgan fingerprint density at radius 3 is 2.48 bits per heavy atom. The lowest BCUT2D eigenvalue weighted by Gasteiger charge is -2.28. The van der Waals surface area contributed by atoms with Gasteiger partial charge in [0.1, 0.15) is 0 Å². The van der Waals surface area contributed by atoms with Crippen LogP contribution in [0, 0.1) is 0 Å². The number of carbonyl (C=O) groups excluding carboxylic acids is 1. The summed E-state index contributed by atoms with van der Waals surface area (Å²) in [5.74, 6) is 0.560. The molecule has 3 N–H and O–H groups in total. The van der Waals surface area contributed by atoms with Crippen LogP contribution in [0.5, 0.6) is 0 Å². The summed E-state index contributed by atoms with van der Waals surface area (Å²) < 4.78 is 5.42. The number of hydrogen-bond donors (Lipinski definition) is 3. The van der Waals surface area contributed by atoms with Gasteiger partial charge in [0.15, 0.2) is 0 Å². The fraction of sp³-hybridized carbons (Fsp3) is 0.320. The number of benzene rings is 2. The molecule has 0 saturated carbocycles. The molecule has 2 aliphatic heterocycles. The molecule has 33 heavy (non-hydrogen) atoms. The average Bonchev–Trinajstić information content (AvgIpc) is 3.41. The van der Waals surface area contributed by atoms with Crippen molar-refractivity contribution in [2.45, 2.75) is 18.9 Å². The minimum absolute atomic E-state index is 0.0217. The predicted octanol–water partition coefficient (Wildman–Crippen LogP) is 3.41. The molecule has 3 aromatic rings. The highest BCUT2D eigenvalue weighted by molar-refractivity contribution is 5.95. The Bertz CT molecular complexity index is 1070. The number of ether oxygens (including phenoxy) is 1. The van der Waals surface area contributed by atoms with Crippen molar-refractivity contribution in [1.29, 1.82) is 0 Å². The van der Waals surface area contributed by atoms with Gasteiger partial charge in [-0.1, -0.05) is 12.1 Å². The van der Waals surface area contributed by atoms with Crippen LogP contribution in [0.4, 0.5) is 23.0 Å². The van der Waals surface area contributed by atoms with Crippen molar-refractivity contribution in [1.82, 2.24) is 15.3 Å². The van der Waals surface area contributed by atoms with Gasteiger partial charge in [-0.15, -0.1) is 0 Å². The van der Waals surface area contributed by atoms with E-state index in [1.165, 1.54) is 5.69 Å². The molecule has 5 rings (SSSR count). The number of nitrogens with zero attached hydrogens (tertiary/aromatic N) is 3. The zero-order valence-electron chi connectivity index (χ0n) is 18.5.